The highest BCUT2D eigenvalue weighted by Crippen LogP contribution is 2.35. The van der Waals surface area contributed by atoms with Crippen LogP contribution in [0.15, 0.2) is 61.2 Å². The van der Waals surface area contributed by atoms with Crippen LogP contribution in [0.2, 0.25) is 0 Å². The second-order valence-electron chi connectivity index (χ2n) is 8.32. The van der Waals surface area contributed by atoms with Crippen LogP contribution >= 0.6 is 0 Å². The Morgan fingerprint density at radius 1 is 1.09 bits per heavy atom. The highest BCUT2D eigenvalue weighted by molar-refractivity contribution is 5.90. The summed E-state index contributed by atoms with van der Waals surface area (Å²) in [6.45, 7) is 7.70. The maximum atomic E-state index is 12.8. The summed E-state index contributed by atoms with van der Waals surface area (Å²) in [5.74, 6) is 1.49. The smallest absolute Gasteiger partial charge is 0.338 e. The van der Waals surface area contributed by atoms with Gasteiger partial charge >= 0.3 is 11.9 Å². The minimum absolute atomic E-state index is 0.220. The van der Waals surface area contributed by atoms with Gasteiger partial charge in [-0.25, -0.2) is 9.59 Å². The molecule has 0 bridgehead atoms. The van der Waals surface area contributed by atoms with Crippen molar-refractivity contribution in [3.8, 4) is 12.3 Å². The monoisotopic (exact) mass is 462 g/mol. The fourth-order valence-corrected chi connectivity index (χ4v) is 3.54. The van der Waals surface area contributed by atoms with Gasteiger partial charge in [0.2, 0.25) is 5.60 Å². The Balaban J connectivity index is 1.74. The molecular weight excluding hydrogens is 432 g/mol. The van der Waals surface area contributed by atoms with Crippen LogP contribution < -0.4 is 0 Å². The zero-order valence-electron chi connectivity index (χ0n) is 19.6. The average molecular weight is 463 g/mol. The van der Waals surface area contributed by atoms with Crippen molar-refractivity contribution in [2.45, 2.75) is 51.1 Å². The number of rotatable bonds is 10. The van der Waals surface area contributed by atoms with Crippen molar-refractivity contribution in [1.29, 1.82) is 0 Å². The molecule has 1 saturated heterocycles. The molecule has 0 saturated carbocycles. The van der Waals surface area contributed by atoms with Crippen LogP contribution in [0.25, 0.3) is 0 Å². The van der Waals surface area contributed by atoms with Gasteiger partial charge in [0.1, 0.15) is 6.61 Å². The Morgan fingerprint density at radius 3 is 2.24 bits per heavy atom. The first-order chi connectivity index (χ1) is 16.4. The van der Waals surface area contributed by atoms with Crippen molar-refractivity contribution in [3.05, 3.63) is 83.4 Å². The van der Waals surface area contributed by atoms with Gasteiger partial charge in [0.05, 0.1) is 17.7 Å². The molecule has 0 aromatic heterocycles. The molecule has 1 heterocycles. The number of aryl methyl sites for hydroxylation is 2. The second kappa shape index (κ2) is 11.6. The largest absolute Gasteiger partial charge is 0.458 e. The third-order valence-electron chi connectivity index (χ3n) is 5.61. The Labute approximate surface area is 200 Å². The summed E-state index contributed by atoms with van der Waals surface area (Å²) >= 11 is 0. The van der Waals surface area contributed by atoms with E-state index in [1.54, 1.807) is 30.3 Å². The van der Waals surface area contributed by atoms with E-state index >= 15 is 0 Å². The van der Waals surface area contributed by atoms with Crippen molar-refractivity contribution < 1.29 is 28.5 Å². The molecule has 0 N–H and O–H groups in total. The molecule has 2 aromatic carbocycles. The SMILES string of the molecule is C#CC1(COC(=O)c2ccc(C)cc2)OC(OCCCC=C)CC1OC(=O)c1ccc(C)cc1. The van der Waals surface area contributed by atoms with Crippen LogP contribution in [0.5, 0.6) is 0 Å². The quantitative estimate of drug-likeness (QED) is 0.219. The van der Waals surface area contributed by atoms with Crippen molar-refractivity contribution in [2.75, 3.05) is 13.2 Å². The molecule has 0 amide bonds. The predicted molar refractivity (Wildman–Crippen MR) is 128 cm³/mol. The third-order valence-corrected chi connectivity index (χ3v) is 5.61. The second-order valence-corrected chi connectivity index (χ2v) is 8.32. The molecule has 6 nitrogen and oxygen atoms in total. The van der Waals surface area contributed by atoms with E-state index in [-0.39, 0.29) is 13.0 Å². The fraction of sp³-hybridized carbons (Fsp3) is 0.357. The average Bonchev–Trinajstić information content (AvgIpc) is 3.18. The van der Waals surface area contributed by atoms with E-state index in [0.29, 0.717) is 17.7 Å². The summed E-state index contributed by atoms with van der Waals surface area (Å²) in [5, 5.41) is 0. The Bertz CT molecular complexity index is 1030. The van der Waals surface area contributed by atoms with Gasteiger partial charge in [0.25, 0.3) is 0 Å². The molecule has 1 aliphatic heterocycles. The minimum Gasteiger partial charge on any atom is -0.458 e. The van der Waals surface area contributed by atoms with Crippen LogP contribution in [-0.4, -0.2) is 43.1 Å². The number of esters is 2. The number of allylic oxidation sites excluding steroid dienone is 1. The summed E-state index contributed by atoms with van der Waals surface area (Å²) in [5.41, 5.74) is 1.36. The van der Waals surface area contributed by atoms with E-state index in [1.807, 2.05) is 38.1 Å². The lowest BCUT2D eigenvalue weighted by molar-refractivity contribution is -0.168. The highest BCUT2D eigenvalue weighted by Gasteiger charge is 2.52. The first-order valence-corrected chi connectivity index (χ1v) is 11.3. The van der Waals surface area contributed by atoms with E-state index in [0.717, 1.165) is 24.0 Å². The molecule has 0 radical (unpaired) electrons. The molecule has 3 rings (SSSR count). The molecule has 6 heteroatoms. The summed E-state index contributed by atoms with van der Waals surface area (Å²) in [6.07, 6.45) is 7.88. The molecule has 1 aliphatic rings. The van der Waals surface area contributed by atoms with Crippen LogP contribution in [0, 0.1) is 26.2 Å². The number of carbonyl (C=O) groups excluding carboxylic acids is 2. The summed E-state index contributed by atoms with van der Waals surface area (Å²) in [4.78, 5) is 25.4. The number of terminal acetylenes is 1. The van der Waals surface area contributed by atoms with Gasteiger partial charge in [0, 0.05) is 6.42 Å². The Morgan fingerprint density at radius 2 is 1.68 bits per heavy atom. The number of hydrogen-bond acceptors (Lipinski definition) is 6. The summed E-state index contributed by atoms with van der Waals surface area (Å²) in [7, 11) is 0. The van der Waals surface area contributed by atoms with Gasteiger partial charge in [-0.1, -0.05) is 47.4 Å². The fourth-order valence-electron chi connectivity index (χ4n) is 3.54. The molecular formula is C28H30O6. The summed E-state index contributed by atoms with van der Waals surface area (Å²) < 4.78 is 23.1. The Hall–Kier alpha value is -3.40. The van der Waals surface area contributed by atoms with Gasteiger partial charge in [-0.15, -0.1) is 13.0 Å². The first-order valence-electron chi connectivity index (χ1n) is 11.3. The first kappa shape index (κ1) is 25.2. The zero-order chi connectivity index (χ0) is 24.6. The van der Waals surface area contributed by atoms with Crippen molar-refractivity contribution in [2.24, 2.45) is 0 Å². The maximum absolute atomic E-state index is 12.8. The van der Waals surface area contributed by atoms with Crippen LogP contribution in [0.1, 0.15) is 51.1 Å². The van der Waals surface area contributed by atoms with Crippen molar-refractivity contribution >= 4 is 11.9 Å². The van der Waals surface area contributed by atoms with Crippen LogP contribution in [0.4, 0.5) is 0 Å². The lowest BCUT2D eigenvalue weighted by Crippen LogP contribution is -2.45. The highest BCUT2D eigenvalue weighted by atomic mass is 16.7. The number of unbranched alkanes of at least 4 members (excludes halogenated alkanes) is 1. The Kier molecular flexibility index (Phi) is 8.64. The molecule has 2 aromatic rings. The molecule has 3 atom stereocenters. The van der Waals surface area contributed by atoms with Crippen LogP contribution in [-0.2, 0) is 18.9 Å². The van der Waals surface area contributed by atoms with Crippen molar-refractivity contribution in [3.63, 3.8) is 0 Å². The molecule has 34 heavy (non-hydrogen) atoms. The van der Waals surface area contributed by atoms with Gasteiger partial charge in [0.15, 0.2) is 12.4 Å². The van der Waals surface area contributed by atoms with E-state index < -0.39 is 29.9 Å². The van der Waals surface area contributed by atoms with E-state index in [4.69, 9.17) is 25.4 Å². The molecule has 0 spiro atoms. The van der Waals surface area contributed by atoms with E-state index in [9.17, 15) is 9.59 Å². The van der Waals surface area contributed by atoms with Gasteiger partial charge in [-0.05, 0) is 51.0 Å². The van der Waals surface area contributed by atoms with E-state index in [1.165, 1.54) is 0 Å². The number of benzene rings is 2. The predicted octanol–water partition coefficient (Wildman–Crippen LogP) is 4.79. The number of hydrogen-bond donors (Lipinski definition) is 0. The lowest BCUT2D eigenvalue weighted by Gasteiger charge is -2.28. The normalized spacial score (nSPS) is 21.4. The topological polar surface area (TPSA) is 71.1 Å². The van der Waals surface area contributed by atoms with E-state index in [2.05, 4.69) is 12.5 Å². The minimum atomic E-state index is -1.47. The number of carbonyl (C=O) groups is 2. The molecule has 0 aliphatic carbocycles. The van der Waals surface area contributed by atoms with Crippen LogP contribution in [0.3, 0.4) is 0 Å². The number of ether oxygens (including phenoxy) is 4. The molecule has 178 valence electrons. The lowest BCUT2D eigenvalue weighted by atomic mass is 9.98. The van der Waals surface area contributed by atoms with Gasteiger partial charge < -0.3 is 18.9 Å². The summed E-state index contributed by atoms with van der Waals surface area (Å²) in [6, 6.07) is 14.0. The van der Waals surface area contributed by atoms with Gasteiger partial charge in [-0.3, -0.25) is 0 Å². The maximum Gasteiger partial charge on any atom is 0.338 e. The molecule has 1 fully saturated rings. The zero-order valence-corrected chi connectivity index (χ0v) is 19.6. The molecule has 3 unspecified atom stereocenters. The standard InChI is InChI=1S/C28H30O6/c1-5-7-8-17-31-25-18-24(33-27(30)23-15-11-21(4)12-16-23)28(6-2,34-25)19-32-26(29)22-13-9-20(3)10-14-22/h2,5,9-16,24-25H,1,7-8,17-19H2,3-4H3. The van der Waals surface area contributed by atoms with Gasteiger partial charge in [-0.2, -0.15) is 0 Å². The third kappa shape index (κ3) is 6.34. The van der Waals surface area contributed by atoms with Crippen molar-refractivity contribution in [1.82, 2.24) is 0 Å².